The highest BCUT2D eigenvalue weighted by atomic mass is 32.2. The minimum absolute atomic E-state index is 1.07. The topological polar surface area (TPSA) is 3.24 Å². The summed E-state index contributed by atoms with van der Waals surface area (Å²) >= 11 is 7.15. The van der Waals surface area contributed by atoms with E-state index >= 15 is 0 Å². The summed E-state index contributed by atoms with van der Waals surface area (Å²) < 4.78 is 1.08. The normalized spacial score (nSPS) is 16.8. The molecule has 0 amide bonds. The zero-order chi connectivity index (χ0) is 10.5. The highest BCUT2D eigenvalue weighted by molar-refractivity contribution is 8.22. The quantitative estimate of drug-likeness (QED) is 0.744. The molecular formula is C12H15NS2. The van der Waals surface area contributed by atoms with Crippen molar-refractivity contribution in [1.82, 2.24) is 4.90 Å². The van der Waals surface area contributed by atoms with E-state index in [4.69, 9.17) is 12.2 Å². The molecule has 2 rings (SSSR count). The van der Waals surface area contributed by atoms with Gasteiger partial charge in [0.15, 0.2) is 0 Å². The molecule has 1 saturated heterocycles. The maximum Gasteiger partial charge on any atom is 0.136 e. The molecule has 0 radical (unpaired) electrons. The van der Waals surface area contributed by atoms with Crippen LogP contribution in [0, 0.1) is 0 Å². The largest absolute Gasteiger partial charge is 0.357 e. The van der Waals surface area contributed by atoms with Crippen molar-refractivity contribution in [3.8, 4) is 0 Å². The lowest BCUT2D eigenvalue weighted by Crippen LogP contribution is -2.34. The first kappa shape index (κ1) is 11.0. The average molecular weight is 237 g/mol. The summed E-state index contributed by atoms with van der Waals surface area (Å²) in [5, 5.41) is 0. The zero-order valence-corrected chi connectivity index (χ0v) is 10.3. The molecule has 1 aliphatic rings. The minimum atomic E-state index is 1.07. The van der Waals surface area contributed by atoms with Crippen molar-refractivity contribution in [2.75, 3.05) is 18.8 Å². The Morgan fingerprint density at radius 2 is 2.07 bits per heavy atom. The van der Waals surface area contributed by atoms with Gasteiger partial charge in [0.25, 0.3) is 0 Å². The lowest BCUT2D eigenvalue weighted by atomic mass is 10.1. The Hall–Kier alpha value is -0.540. The second-order valence-corrected chi connectivity index (χ2v) is 5.42. The average Bonchev–Trinajstić information content (AvgIpc) is 2.29. The molecule has 1 aliphatic heterocycles. The number of nitrogens with zero attached hydrogens (tertiary/aromatic N) is 1. The van der Waals surface area contributed by atoms with Gasteiger partial charge in [-0.05, 0) is 18.4 Å². The third kappa shape index (κ3) is 3.21. The predicted molar refractivity (Wildman–Crippen MR) is 71.4 cm³/mol. The molecule has 3 heteroatoms. The monoisotopic (exact) mass is 237 g/mol. The van der Waals surface area contributed by atoms with Crippen LogP contribution < -0.4 is 0 Å². The molecule has 0 atom stereocenters. The van der Waals surface area contributed by atoms with Gasteiger partial charge >= 0.3 is 0 Å². The van der Waals surface area contributed by atoms with Crippen molar-refractivity contribution in [2.24, 2.45) is 0 Å². The van der Waals surface area contributed by atoms with Gasteiger partial charge in [-0.1, -0.05) is 54.3 Å². The number of hydrogen-bond acceptors (Lipinski definition) is 2. The van der Waals surface area contributed by atoms with Crippen molar-refractivity contribution in [2.45, 2.75) is 12.8 Å². The van der Waals surface area contributed by atoms with Crippen LogP contribution in [0.1, 0.15) is 12.0 Å². The number of thioether (sulfide) groups is 1. The summed E-state index contributed by atoms with van der Waals surface area (Å²) in [6.07, 6.45) is 2.36. The van der Waals surface area contributed by atoms with Crippen LogP contribution in [0.5, 0.6) is 0 Å². The lowest BCUT2D eigenvalue weighted by Gasteiger charge is -2.28. The fourth-order valence-corrected chi connectivity index (χ4v) is 2.96. The van der Waals surface area contributed by atoms with E-state index in [2.05, 4.69) is 35.2 Å². The molecular weight excluding hydrogens is 222 g/mol. The number of thiocarbonyl (C=S) groups is 1. The summed E-state index contributed by atoms with van der Waals surface area (Å²) in [5.74, 6) is 1.20. The van der Waals surface area contributed by atoms with Gasteiger partial charge in [-0.15, -0.1) is 0 Å². The third-order valence-electron chi connectivity index (χ3n) is 2.57. The molecule has 1 heterocycles. The first-order valence-electron chi connectivity index (χ1n) is 5.32. The lowest BCUT2D eigenvalue weighted by molar-refractivity contribution is 0.432. The van der Waals surface area contributed by atoms with E-state index in [9.17, 15) is 0 Å². The van der Waals surface area contributed by atoms with Gasteiger partial charge in [-0.25, -0.2) is 0 Å². The first-order valence-corrected chi connectivity index (χ1v) is 6.71. The minimum Gasteiger partial charge on any atom is -0.357 e. The standard InChI is InChI=1S/C12H15NS2/c14-12-13(8-4-10-15-12)9-7-11-5-2-1-3-6-11/h1-3,5-6H,4,7-10H2. The summed E-state index contributed by atoms with van der Waals surface area (Å²) in [6.45, 7) is 2.20. The van der Waals surface area contributed by atoms with Crippen molar-refractivity contribution in [3.05, 3.63) is 35.9 Å². The molecule has 1 nitrogen and oxygen atoms in total. The van der Waals surface area contributed by atoms with Crippen LogP contribution in [0.4, 0.5) is 0 Å². The fourth-order valence-electron chi connectivity index (χ4n) is 1.71. The molecule has 1 aromatic rings. The smallest absolute Gasteiger partial charge is 0.136 e. The van der Waals surface area contributed by atoms with Crippen molar-refractivity contribution >= 4 is 28.3 Å². The van der Waals surface area contributed by atoms with E-state index in [1.165, 1.54) is 17.7 Å². The van der Waals surface area contributed by atoms with E-state index in [0.717, 1.165) is 23.8 Å². The fraction of sp³-hybridized carbons (Fsp3) is 0.417. The van der Waals surface area contributed by atoms with Gasteiger partial charge in [0.1, 0.15) is 4.32 Å². The Kier molecular flexibility index (Phi) is 4.03. The summed E-state index contributed by atoms with van der Waals surface area (Å²) in [7, 11) is 0. The van der Waals surface area contributed by atoms with E-state index in [1.807, 2.05) is 11.8 Å². The van der Waals surface area contributed by atoms with Crippen LogP contribution in [-0.2, 0) is 6.42 Å². The van der Waals surface area contributed by atoms with Gasteiger partial charge in [0.05, 0.1) is 0 Å². The second-order valence-electron chi connectivity index (χ2n) is 3.69. The molecule has 0 saturated carbocycles. The van der Waals surface area contributed by atoms with Gasteiger partial charge in [-0.3, -0.25) is 0 Å². The molecule has 1 aromatic carbocycles. The van der Waals surface area contributed by atoms with E-state index in [1.54, 1.807) is 0 Å². The molecule has 15 heavy (non-hydrogen) atoms. The molecule has 0 spiro atoms. The maximum absolute atomic E-state index is 5.33. The zero-order valence-electron chi connectivity index (χ0n) is 8.69. The SMILES string of the molecule is S=C1SCCCN1CCc1ccccc1. The first-order chi connectivity index (χ1) is 7.36. The third-order valence-corrected chi connectivity index (χ3v) is 4.18. The highest BCUT2D eigenvalue weighted by Gasteiger charge is 2.14. The highest BCUT2D eigenvalue weighted by Crippen LogP contribution is 2.17. The van der Waals surface area contributed by atoms with Gasteiger partial charge < -0.3 is 4.90 Å². The number of benzene rings is 1. The van der Waals surface area contributed by atoms with Gasteiger partial charge in [0.2, 0.25) is 0 Å². The van der Waals surface area contributed by atoms with Gasteiger partial charge in [0, 0.05) is 18.8 Å². The molecule has 0 N–H and O–H groups in total. The summed E-state index contributed by atoms with van der Waals surface area (Å²) in [4.78, 5) is 2.33. The van der Waals surface area contributed by atoms with Crippen molar-refractivity contribution < 1.29 is 0 Å². The Morgan fingerprint density at radius 3 is 2.80 bits per heavy atom. The van der Waals surface area contributed by atoms with Crippen LogP contribution in [0.25, 0.3) is 0 Å². The van der Waals surface area contributed by atoms with E-state index in [0.29, 0.717) is 0 Å². The van der Waals surface area contributed by atoms with E-state index in [-0.39, 0.29) is 0 Å². The van der Waals surface area contributed by atoms with E-state index < -0.39 is 0 Å². The predicted octanol–water partition coefficient (Wildman–Crippen LogP) is 2.95. The van der Waals surface area contributed by atoms with Crippen LogP contribution in [0.3, 0.4) is 0 Å². The number of rotatable bonds is 3. The molecule has 80 valence electrons. The number of hydrogen-bond donors (Lipinski definition) is 0. The molecule has 0 aromatic heterocycles. The Balaban J connectivity index is 1.85. The molecule has 0 aliphatic carbocycles. The van der Waals surface area contributed by atoms with Crippen LogP contribution in [-0.4, -0.2) is 28.1 Å². The van der Waals surface area contributed by atoms with Gasteiger partial charge in [-0.2, -0.15) is 0 Å². The molecule has 0 unspecified atom stereocenters. The Morgan fingerprint density at radius 1 is 1.27 bits per heavy atom. The Bertz CT molecular complexity index is 324. The van der Waals surface area contributed by atoms with Crippen LogP contribution >= 0.6 is 24.0 Å². The molecule has 0 bridgehead atoms. The van der Waals surface area contributed by atoms with Crippen LogP contribution in [0.15, 0.2) is 30.3 Å². The molecule has 1 fully saturated rings. The van der Waals surface area contributed by atoms with Crippen molar-refractivity contribution in [1.29, 1.82) is 0 Å². The Labute approximate surface area is 101 Å². The van der Waals surface area contributed by atoms with Crippen LogP contribution in [0.2, 0.25) is 0 Å². The summed E-state index contributed by atoms with van der Waals surface area (Å²) in [5.41, 5.74) is 1.40. The second kappa shape index (κ2) is 5.52. The summed E-state index contributed by atoms with van der Waals surface area (Å²) in [6, 6.07) is 10.6. The maximum atomic E-state index is 5.33. The van der Waals surface area contributed by atoms with Crippen molar-refractivity contribution in [3.63, 3.8) is 0 Å².